The van der Waals surface area contributed by atoms with Gasteiger partial charge in [-0.25, -0.2) is 4.98 Å². The van der Waals surface area contributed by atoms with E-state index in [-0.39, 0.29) is 5.54 Å². The standard InChI is InChI=1S/C16H22ClN3/c1-3-20-14-7-6-12(17)9-13(14)19-15(20)16(18)8-4-5-11(2)10-16/h6-7,9,11H,3-5,8,10,18H2,1-2H3. The Hall–Kier alpha value is -1.06. The van der Waals surface area contributed by atoms with Gasteiger partial charge in [0, 0.05) is 11.6 Å². The number of aromatic nitrogens is 2. The predicted octanol–water partition coefficient (Wildman–Crippen LogP) is 4.07. The van der Waals surface area contributed by atoms with E-state index in [0.717, 1.165) is 41.3 Å². The summed E-state index contributed by atoms with van der Waals surface area (Å²) in [5.74, 6) is 1.70. The molecular formula is C16H22ClN3. The summed E-state index contributed by atoms with van der Waals surface area (Å²) < 4.78 is 2.25. The molecule has 20 heavy (non-hydrogen) atoms. The number of benzene rings is 1. The molecule has 1 aliphatic rings. The smallest absolute Gasteiger partial charge is 0.130 e. The lowest BCUT2D eigenvalue weighted by atomic mass is 9.76. The van der Waals surface area contributed by atoms with Gasteiger partial charge in [-0.15, -0.1) is 0 Å². The average Bonchev–Trinajstić information content (AvgIpc) is 2.76. The number of nitrogens with two attached hydrogens (primary N) is 1. The van der Waals surface area contributed by atoms with Crippen LogP contribution in [-0.4, -0.2) is 9.55 Å². The van der Waals surface area contributed by atoms with Crippen molar-refractivity contribution in [1.29, 1.82) is 0 Å². The van der Waals surface area contributed by atoms with Gasteiger partial charge in [-0.2, -0.15) is 0 Å². The second kappa shape index (κ2) is 5.05. The highest BCUT2D eigenvalue weighted by Crippen LogP contribution is 2.38. The molecule has 1 saturated carbocycles. The summed E-state index contributed by atoms with van der Waals surface area (Å²) >= 11 is 6.09. The van der Waals surface area contributed by atoms with Gasteiger partial charge in [0.1, 0.15) is 5.82 Å². The highest BCUT2D eigenvalue weighted by Gasteiger charge is 2.36. The third-order valence-corrected chi connectivity index (χ3v) is 4.74. The minimum atomic E-state index is -0.292. The van der Waals surface area contributed by atoms with E-state index in [1.54, 1.807) is 0 Å². The van der Waals surface area contributed by atoms with E-state index < -0.39 is 0 Å². The van der Waals surface area contributed by atoms with Gasteiger partial charge in [0.2, 0.25) is 0 Å². The van der Waals surface area contributed by atoms with Crippen LogP contribution in [0.5, 0.6) is 0 Å². The van der Waals surface area contributed by atoms with Crippen molar-refractivity contribution in [2.45, 2.75) is 51.6 Å². The molecule has 2 aromatic rings. The maximum absolute atomic E-state index is 6.73. The Kier molecular flexibility index (Phi) is 3.51. The number of rotatable bonds is 2. The molecule has 1 aromatic heterocycles. The molecule has 0 radical (unpaired) electrons. The minimum absolute atomic E-state index is 0.292. The lowest BCUT2D eigenvalue weighted by molar-refractivity contribution is 0.223. The fourth-order valence-electron chi connectivity index (χ4n) is 3.60. The van der Waals surface area contributed by atoms with Crippen molar-refractivity contribution < 1.29 is 0 Å². The van der Waals surface area contributed by atoms with Crippen LogP contribution in [0, 0.1) is 5.92 Å². The van der Waals surface area contributed by atoms with Crippen molar-refractivity contribution in [1.82, 2.24) is 9.55 Å². The lowest BCUT2D eigenvalue weighted by Crippen LogP contribution is -2.43. The topological polar surface area (TPSA) is 43.8 Å². The van der Waals surface area contributed by atoms with Crippen LogP contribution in [0.3, 0.4) is 0 Å². The summed E-state index contributed by atoms with van der Waals surface area (Å²) in [4.78, 5) is 4.83. The highest BCUT2D eigenvalue weighted by atomic mass is 35.5. The average molecular weight is 292 g/mol. The van der Waals surface area contributed by atoms with Crippen molar-refractivity contribution in [3.8, 4) is 0 Å². The van der Waals surface area contributed by atoms with E-state index in [4.69, 9.17) is 22.3 Å². The third-order valence-electron chi connectivity index (χ3n) is 4.50. The molecule has 2 N–H and O–H groups in total. The molecule has 1 fully saturated rings. The zero-order chi connectivity index (χ0) is 14.3. The summed E-state index contributed by atoms with van der Waals surface area (Å²) in [6.45, 7) is 5.33. The summed E-state index contributed by atoms with van der Waals surface area (Å²) in [5, 5.41) is 0.730. The van der Waals surface area contributed by atoms with Crippen LogP contribution in [0.1, 0.15) is 45.4 Å². The first-order valence-electron chi connectivity index (χ1n) is 7.48. The van der Waals surface area contributed by atoms with E-state index in [1.807, 2.05) is 18.2 Å². The van der Waals surface area contributed by atoms with E-state index in [1.165, 1.54) is 12.8 Å². The minimum Gasteiger partial charge on any atom is -0.327 e. The van der Waals surface area contributed by atoms with Gasteiger partial charge in [-0.3, -0.25) is 0 Å². The normalized spacial score (nSPS) is 27.1. The quantitative estimate of drug-likeness (QED) is 0.906. The fourth-order valence-corrected chi connectivity index (χ4v) is 3.76. The maximum Gasteiger partial charge on any atom is 0.130 e. The summed E-state index contributed by atoms with van der Waals surface area (Å²) in [6, 6.07) is 5.91. The van der Waals surface area contributed by atoms with E-state index >= 15 is 0 Å². The monoisotopic (exact) mass is 291 g/mol. The van der Waals surface area contributed by atoms with Crippen LogP contribution in [-0.2, 0) is 12.1 Å². The zero-order valence-electron chi connectivity index (χ0n) is 12.2. The van der Waals surface area contributed by atoms with Crippen molar-refractivity contribution in [3.63, 3.8) is 0 Å². The Bertz CT molecular complexity index is 634. The molecule has 2 unspecified atom stereocenters. The molecule has 3 rings (SSSR count). The van der Waals surface area contributed by atoms with Crippen LogP contribution < -0.4 is 5.73 Å². The first-order chi connectivity index (χ1) is 9.53. The molecule has 3 nitrogen and oxygen atoms in total. The number of fused-ring (bicyclic) bond motifs is 1. The first-order valence-corrected chi connectivity index (χ1v) is 7.86. The van der Waals surface area contributed by atoms with Crippen molar-refractivity contribution in [2.75, 3.05) is 0 Å². The molecule has 0 aliphatic heterocycles. The third kappa shape index (κ3) is 2.23. The number of nitrogens with zero attached hydrogens (tertiary/aromatic N) is 2. The Morgan fingerprint density at radius 1 is 1.50 bits per heavy atom. The Labute approximate surface area is 125 Å². The van der Waals surface area contributed by atoms with E-state index in [9.17, 15) is 0 Å². The molecule has 0 amide bonds. The summed E-state index contributed by atoms with van der Waals surface area (Å²) in [6.07, 6.45) is 4.50. The second-order valence-corrected chi connectivity index (χ2v) is 6.61. The molecule has 0 spiro atoms. The Morgan fingerprint density at radius 2 is 2.30 bits per heavy atom. The Morgan fingerprint density at radius 3 is 3.00 bits per heavy atom. The molecule has 0 saturated heterocycles. The van der Waals surface area contributed by atoms with Gasteiger partial charge >= 0.3 is 0 Å². The Balaban J connectivity index is 2.15. The molecule has 108 valence electrons. The first kappa shape index (κ1) is 13.9. The van der Waals surface area contributed by atoms with Crippen LogP contribution in [0.2, 0.25) is 5.02 Å². The number of hydrogen-bond donors (Lipinski definition) is 1. The van der Waals surface area contributed by atoms with Crippen molar-refractivity contribution >= 4 is 22.6 Å². The second-order valence-electron chi connectivity index (χ2n) is 6.17. The van der Waals surface area contributed by atoms with Gasteiger partial charge in [-0.1, -0.05) is 31.4 Å². The highest BCUT2D eigenvalue weighted by molar-refractivity contribution is 6.31. The number of halogens is 1. The van der Waals surface area contributed by atoms with E-state index in [2.05, 4.69) is 18.4 Å². The zero-order valence-corrected chi connectivity index (χ0v) is 13.0. The number of hydrogen-bond acceptors (Lipinski definition) is 2. The largest absolute Gasteiger partial charge is 0.327 e. The van der Waals surface area contributed by atoms with Gasteiger partial charge in [0.25, 0.3) is 0 Å². The SMILES string of the molecule is CCn1c(C2(N)CCCC(C)C2)nc2cc(Cl)ccc21. The maximum atomic E-state index is 6.73. The number of imidazole rings is 1. The van der Waals surface area contributed by atoms with Crippen LogP contribution >= 0.6 is 11.6 Å². The molecule has 1 heterocycles. The van der Waals surface area contributed by atoms with Crippen molar-refractivity contribution in [2.24, 2.45) is 11.7 Å². The molecular weight excluding hydrogens is 270 g/mol. The fraction of sp³-hybridized carbons (Fsp3) is 0.562. The lowest BCUT2D eigenvalue weighted by Gasteiger charge is -2.36. The molecule has 2 atom stereocenters. The predicted molar refractivity (Wildman–Crippen MR) is 83.9 cm³/mol. The van der Waals surface area contributed by atoms with Gasteiger partial charge in [0.05, 0.1) is 16.6 Å². The molecule has 0 bridgehead atoms. The summed E-state index contributed by atoms with van der Waals surface area (Å²) in [5.41, 5.74) is 8.53. The molecule has 4 heteroatoms. The molecule has 1 aromatic carbocycles. The number of aryl methyl sites for hydroxylation is 1. The van der Waals surface area contributed by atoms with Crippen LogP contribution in [0.25, 0.3) is 11.0 Å². The van der Waals surface area contributed by atoms with Crippen LogP contribution in [0.15, 0.2) is 18.2 Å². The van der Waals surface area contributed by atoms with Crippen LogP contribution in [0.4, 0.5) is 0 Å². The van der Waals surface area contributed by atoms with Crippen molar-refractivity contribution in [3.05, 3.63) is 29.0 Å². The van der Waals surface area contributed by atoms with Gasteiger partial charge in [-0.05, 0) is 43.9 Å². The van der Waals surface area contributed by atoms with Gasteiger partial charge < -0.3 is 10.3 Å². The molecule has 1 aliphatic carbocycles. The van der Waals surface area contributed by atoms with E-state index in [0.29, 0.717) is 5.92 Å². The van der Waals surface area contributed by atoms with Gasteiger partial charge in [0.15, 0.2) is 0 Å². The summed E-state index contributed by atoms with van der Waals surface area (Å²) in [7, 11) is 0.